The van der Waals surface area contributed by atoms with E-state index in [1.165, 1.54) is 12.5 Å². The first-order chi connectivity index (χ1) is 9.75. The monoisotopic (exact) mass is 273 g/mol. The molecular weight excluding hydrogens is 258 g/mol. The molecule has 1 fully saturated rings. The van der Waals surface area contributed by atoms with Crippen LogP contribution in [0.4, 0.5) is 0 Å². The van der Waals surface area contributed by atoms with Crippen LogP contribution in [0, 0.1) is 0 Å². The smallest absolute Gasteiger partial charge is 0.260 e. The normalized spacial score (nSPS) is 18.4. The summed E-state index contributed by atoms with van der Waals surface area (Å²) in [6, 6.07) is 3.28. The number of carbonyl (C=O) groups is 1. The van der Waals surface area contributed by atoms with Crippen molar-refractivity contribution in [2.75, 3.05) is 6.54 Å². The van der Waals surface area contributed by atoms with Crippen molar-refractivity contribution >= 4 is 5.91 Å². The molecule has 0 aromatic carbocycles. The van der Waals surface area contributed by atoms with E-state index in [-0.39, 0.29) is 23.1 Å². The van der Waals surface area contributed by atoms with Crippen LogP contribution in [0.25, 0.3) is 0 Å². The minimum absolute atomic E-state index is 0.0591. The van der Waals surface area contributed by atoms with E-state index in [1.807, 2.05) is 0 Å². The SMILES string of the molecule is O=C(c1ccc[nH]c1=O)N1CCCC1Cn1cncn1. The molecule has 20 heavy (non-hydrogen) atoms. The maximum absolute atomic E-state index is 12.5. The van der Waals surface area contributed by atoms with Crippen molar-refractivity contribution < 1.29 is 4.79 Å². The summed E-state index contributed by atoms with van der Waals surface area (Å²) in [4.78, 5) is 32.4. The standard InChI is InChI=1S/C13H15N5O2/c19-12-11(4-1-5-15-12)13(20)18-6-2-3-10(18)7-17-9-14-8-16-17/h1,4-5,8-10H,2-3,6-7H2,(H,15,19). The quantitative estimate of drug-likeness (QED) is 0.870. The Morgan fingerprint density at radius 1 is 1.50 bits per heavy atom. The van der Waals surface area contributed by atoms with Crippen LogP contribution in [0.2, 0.25) is 0 Å². The fourth-order valence-electron chi connectivity index (χ4n) is 2.58. The van der Waals surface area contributed by atoms with Gasteiger partial charge in [0.05, 0.1) is 12.6 Å². The number of amides is 1. The van der Waals surface area contributed by atoms with Crippen molar-refractivity contribution in [3.05, 3.63) is 46.9 Å². The number of H-pyrrole nitrogens is 1. The highest BCUT2D eigenvalue weighted by atomic mass is 16.2. The third kappa shape index (κ3) is 2.34. The Balaban J connectivity index is 1.80. The van der Waals surface area contributed by atoms with Gasteiger partial charge in [0.15, 0.2) is 0 Å². The third-order valence-electron chi connectivity index (χ3n) is 3.55. The van der Waals surface area contributed by atoms with Crippen molar-refractivity contribution in [1.29, 1.82) is 0 Å². The van der Waals surface area contributed by atoms with Crippen LogP contribution in [-0.4, -0.2) is 43.1 Å². The van der Waals surface area contributed by atoms with Crippen LogP contribution in [0.1, 0.15) is 23.2 Å². The summed E-state index contributed by atoms with van der Waals surface area (Å²) in [5, 5.41) is 4.06. The summed E-state index contributed by atoms with van der Waals surface area (Å²) in [5.41, 5.74) is -0.151. The Morgan fingerprint density at radius 3 is 3.15 bits per heavy atom. The zero-order valence-electron chi connectivity index (χ0n) is 10.9. The molecule has 1 amide bonds. The zero-order valence-corrected chi connectivity index (χ0v) is 10.9. The van der Waals surface area contributed by atoms with Crippen LogP contribution in [0.5, 0.6) is 0 Å². The number of likely N-dealkylation sites (tertiary alicyclic amines) is 1. The second-order valence-electron chi connectivity index (χ2n) is 4.83. The number of nitrogens with one attached hydrogen (secondary N) is 1. The highest BCUT2D eigenvalue weighted by Crippen LogP contribution is 2.20. The molecule has 2 aromatic rings. The molecule has 0 spiro atoms. The molecule has 7 nitrogen and oxygen atoms in total. The molecule has 2 aromatic heterocycles. The van der Waals surface area contributed by atoms with Gasteiger partial charge in [-0.15, -0.1) is 0 Å². The zero-order chi connectivity index (χ0) is 13.9. The Morgan fingerprint density at radius 2 is 2.40 bits per heavy atom. The summed E-state index contributed by atoms with van der Waals surface area (Å²) in [5.74, 6) is -0.213. The van der Waals surface area contributed by atoms with Crippen molar-refractivity contribution in [3.8, 4) is 0 Å². The lowest BCUT2D eigenvalue weighted by Gasteiger charge is -2.24. The van der Waals surface area contributed by atoms with E-state index >= 15 is 0 Å². The molecule has 3 heterocycles. The topological polar surface area (TPSA) is 83.9 Å². The minimum atomic E-state index is -0.344. The number of rotatable bonds is 3. The molecule has 1 unspecified atom stereocenters. The number of hydrogen-bond donors (Lipinski definition) is 1. The lowest BCUT2D eigenvalue weighted by atomic mass is 10.2. The van der Waals surface area contributed by atoms with Gasteiger partial charge in [-0.2, -0.15) is 5.10 Å². The summed E-state index contributed by atoms with van der Waals surface area (Å²) in [6.07, 6.45) is 6.49. The Kier molecular flexibility index (Phi) is 3.32. The molecule has 7 heteroatoms. The molecule has 104 valence electrons. The van der Waals surface area contributed by atoms with Crippen molar-refractivity contribution in [1.82, 2.24) is 24.6 Å². The van der Waals surface area contributed by atoms with Crippen LogP contribution in [0.3, 0.4) is 0 Å². The molecule has 1 saturated heterocycles. The molecule has 1 aliphatic rings. The van der Waals surface area contributed by atoms with Crippen molar-refractivity contribution in [2.24, 2.45) is 0 Å². The number of aromatic nitrogens is 4. The predicted octanol–water partition coefficient (Wildman–Crippen LogP) is 0.271. The molecule has 0 bridgehead atoms. The number of aromatic amines is 1. The van der Waals surface area contributed by atoms with Crippen molar-refractivity contribution in [3.63, 3.8) is 0 Å². The number of carbonyl (C=O) groups excluding carboxylic acids is 1. The number of pyridine rings is 1. The van der Waals surface area contributed by atoms with E-state index in [1.54, 1.807) is 28.0 Å². The average Bonchev–Trinajstić information content (AvgIpc) is 3.11. The highest BCUT2D eigenvalue weighted by molar-refractivity contribution is 5.94. The number of hydrogen-bond acceptors (Lipinski definition) is 4. The van der Waals surface area contributed by atoms with Crippen LogP contribution in [0.15, 0.2) is 35.8 Å². The lowest BCUT2D eigenvalue weighted by Crippen LogP contribution is -2.40. The summed E-state index contributed by atoms with van der Waals surface area (Å²) < 4.78 is 1.71. The molecular formula is C13H15N5O2. The molecule has 0 radical (unpaired) electrons. The first-order valence-corrected chi connectivity index (χ1v) is 6.57. The molecule has 1 N–H and O–H groups in total. The molecule has 0 aliphatic carbocycles. The first-order valence-electron chi connectivity index (χ1n) is 6.57. The van der Waals surface area contributed by atoms with E-state index < -0.39 is 0 Å². The fraction of sp³-hybridized carbons (Fsp3) is 0.385. The van der Waals surface area contributed by atoms with Crippen molar-refractivity contribution in [2.45, 2.75) is 25.4 Å². The van der Waals surface area contributed by atoms with E-state index in [0.29, 0.717) is 13.1 Å². The third-order valence-corrected chi connectivity index (χ3v) is 3.55. The van der Waals surface area contributed by atoms with Crippen LogP contribution in [-0.2, 0) is 6.54 Å². The van der Waals surface area contributed by atoms with Gasteiger partial charge in [0.1, 0.15) is 18.2 Å². The van der Waals surface area contributed by atoms with E-state index in [2.05, 4.69) is 15.1 Å². The number of nitrogens with zero attached hydrogens (tertiary/aromatic N) is 4. The first kappa shape index (κ1) is 12.6. The summed E-state index contributed by atoms with van der Waals surface area (Å²) in [7, 11) is 0. The van der Waals surface area contributed by atoms with Crippen LogP contribution < -0.4 is 5.56 Å². The molecule has 0 saturated carbocycles. The maximum atomic E-state index is 12.5. The van der Waals surface area contributed by atoms with E-state index in [4.69, 9.17) is 0 Å². The fourth-order valence-corrected chi connectivity index (χ4v) is 2.58. The van der Waals surface area contributed by atoms with Gasteiger partial charge in [-0.3, -0.25) is 14.3 Å². The van der Waals surface area contributed by atoms with Gasteiger partial charge >= 0.3 is 0 Å². The van der Waals surface area contributed by atoms with Crippen LogP contribution >= 0.6 is 0 Å². The molecule has 3 rings (SSSR count). The van der Waals surface area contributed by atoms with Gasteiger partial charge in [0.2, 0.25) is 0 Å². The average molecular weight is 273 g/mol. The predicted molar refractivity (Wildman–Crippen MR) is 71.1 cm³/mol. The van der Waals surface area contributed by atoms with Gasteiger partial charge < -0.3 is 9.88 Å². The Labute approximate surface area is 115 Å². The van der Waals surface area contributed by atoms with Gasteiger partial charge in [0, 0.05) is 12.7 Å². The largest absolute Gasteiger partial charge is 0.334 e. The Bertz CT molecular complexity index is 649. The van der Waals surface area contributed by atoms with Gasteiger partial charge in [-0.25, -0.2) is 4.98 Å². The van der Waals surface area contributed by atoms with Gasteiger partial charge in [0.25, 0.3) is 11.5 Å². The molecule has 1 atom stereocenters. The van der Waals surface area contributed by atoms with Gasteiger partial charge in [-0.05, 0) is 25.0 Å². The molecule has 1 aliphatic heterocycles. The van der Waals surface area contributed by atoms with E-state index in [0.717, 1.165) is 12.8 Å². The second kappa shape index (κ2) is 5.28. The summed E-state index contributed by atoms with van der Waals surface area (Å²) >= 11 is 0. The minimum Gasteiger partial charge on any atom is -0.334 e. The Hall–Kier alpha value is -2.44. The highest BCUT2D eigenvalue weighted by Gasteiger charge is 2.30. The second-order valence-corrected chi connectivity index (χ2v) is 4.83. The van der Waals surface area contributed by atoms with Gasteiger partial charge in [-0.1, -0.05) is 0 Å². The lowest BCUT2D eigenvalue weighted by molar-refractivity contribution is 0.0719. The maximum Gasteiger partial charge on any atom is 0.260 e. The van der Waals surface area contributed by atoms with E-state index in [9.17, 15) is 9.59 Å². The summed E-state index contributed by atoms with van der Waals surface area (Å²) in [6.45, 7) is 1.28.